The van der Waals surface area contributed by atoms with Crippen LogP contribution in [0.3, 0.4) is 0 Å². The highest BCUT2D eigenvalue weighted by atomic mass is 16.5. The first kappa shape index (κ1) is 15.9. The number of carbonyl (C=O) groups is 2. The predicted octanol–water partition coefficient (Wildman–Crippen LogP) is 0.769. The van der Waals surface area contributed by atoms with E-state index in [1.165, 1.54) is 26.3 Å². The molecule has 0 spiro atoms. The molecule has 6 nitrogen and oxygen atoms in total. The van der Waals surface area contributed by atoms with Gasteiger partial charge in [-0.1, -0.05) is 19.3 Å². The second kappa shape index (κ2) is 8.87. The van der Waals surface area contributed by atoms with Gasteiger partial charge in [-0.05, 0) is 19.8 Å². The van der Waals surface area contributed by atoms with E-state index < -0.39 is 12.1 Å². The molecule has 0 heterocycles. The summed E-state index contributed by atoms with van der Waals surface area (Å²) in [5.41, 5.74) is 0. The lowest BCUT2D eigenvalue weighted by molar-refractivity contribution is -0.121. The Kier molecular flexibility index (Phi) is 7.43. The largest absolute Gasteiger partial charge is 0.377 e. The van der Waals surface area contributed by atoms with Crippen LogP contribution in [-0.4, -0.2) is 44.3 Å². The number of urea groups is 1. The quantitative estimate of drug-likeness (QED) is 0.623. The third-order valence-corrected chi connectivity index (χ3v) is 3.32. The highest BCUT2D eigenvalue weighted by Gasteiger charge is 2.15. The van der Waals surface area contributed by atoms with Crippen LogP contribution in [0.15, 0.2) is 0 Å². The van der Waals surface area contributed by atoms with Gasteiger partial charge in [0.05, 0.1) is 18.8 Å². The molecule has 0 aromatic rings. The molecule has 1 unspecified atom stereocenters. The summed E-state index contributed by atoms with van der Waals surface area (Å²) < 4.78 is 5.74. The number of amides is 3. The average Bonchev–Trinajstić information content (AvgIpc) is 2.44. The van der Waals surface area contributed by atoms with Crippen molar-refractivity contribution in [2.45, 2.75) is 51.2 Å². The van der Waals surface area contributed by atoms with E-state index in [1.54, 1.807) is 6.92 Å². The van der Waals surface area contributed by atoms with E-state index in [9.17, 15) is 9.59 Å². The molecule has 3 N–H and O–H groups in total. The van der Waals surface area contributed by atoms with Crippen LogP contribution in [0, 0.1) is 0 Å². The highest BCUT2D eigenvalue weighted by molar-refractivity contribution is 5.96. The molecule has 0 bridgehead atoms. The molecule has 0 aromatic heterocycles. The van der Waals surface area contributed by atoms with E-state index in [0.29, 0.717) is 19.3 Å². The van der Waals surface area contributed by atoms with E-state index in [0.717, 1.165) is 12.8 Å². The summed E-state index contributed by atoms with van der Waals surface area (Å²) in [6.45, 7) is 2.93. The fraction of sp³-hybridized carbons (Fsp3) is 0.846. The van der Waals surface area contributed by atoms with Gasteiger partial charge in [0.2, 0.25) is 5.91 Å². The van der Waals surface area contributed by atoms with Gasteiger partial charge in [0.1, 0.15) is 0 Å². The van der Waals surface area contributed by atoms with Gasteiger partial charge in [-0.25, -0.2) is 4.79 Å². The second-order valence-electron chi connectivity index (χ2n) is 4.87. The van der Waals surface area contributed by atoms with Crippen LogP contribution in [0.25, 0.3) is 0 Å². The minimum Gasteiger partial charge on any atom is -0.377 e. The van der Waals surface area contributed by atoms with Gasteiger partial charge in [-0.3, -0.25) is 10.1 Å². The first-order valence-electron chi connectivity index (χ1n) is 7.01. The summed E-state index contributed by atoms with van der Waals surface area (Å²) >= 11 is 0. The molecular weight excluding hydrogens is 246 g/mol. The van der Waals surface area contributed by atoms with Crippen molar-refractivity contribution in [3.05, 3.63) is 0 Å². The van der Waals surface area contributed by atoms with Crippen molar-refractivity contribution in [3.8, 4) is 0 Å². The van der Waals surface area contributed by atoms with Gasteiger partial charge in [-0.15, -0.1) is 0 Å². The molecular formula is C13H25N3O3. The topological polar surface area (TPSA) is 79.5 Å². The van der Waals surface area contributed by atoms with Crippen molar-refractivity contribution in [2.75, 3.05) is 20.2 Å². The first-order chi connectivity index (χ1) is 9.13. The normalized spacial score (nSPS) is 17.8. The number of carbonyl (C=O) groups excluding carboxylic acids is 2. The number of imide groups is 1. The van der Waals surface area contributed by atoms with E-state index in [1.807, 2.05) is 0 Å². The van der Waals surface area contributed by atoms with Crippen molar-refractivity contribution in [1.82, 2.24) is 16.0 Å². The van der Waals surface area contributed by atoms with Crippen molar-refractivity contribution in [1.29, 1.82) is 0 Å². The smallest absolute Gasteiger partial charge is 0.321 e. The zero-order chi connectivity index (χ0) is 14.1. The van der Waals surface area contributed by atoms with Crippen LogP contribution in [-0.2, 0) is 9.53 Å². The van der Waals surface area contributed by atoms with Crippen molar-refractivity contribution < 1.29 is 14.3 Å². The maximum atomic E-state index is 11.5. The Labute approximate surface area is 114 Å². The van der Waals surface area contributed by atoms with Crippen molar-refractivity contribution >= 4 is 11.9 Å². The molecule has 1 fully saturated rings. The summed E-state index contributed by atoms with van der Waals surface area (Å²) in [5.74, 6) is -0.336. The molecule has 0 saturated heterocycles. The summed E-state index contributed by atoms with van der Waals surface area (Å²) in [5, 5.41) is 7.60. The Balaban J connectivity index is 2.07. The Morgan fingerprint density at radius 2 is 1.95 bits per heavy atom. The molecule has 19 heavy (non-hydrogen) atoms. The third kappa shape index (κ3) is 6.54. The van der Waals surface area contributed by atoms with E-state index in [4.69, 9.17) is 4.74 Å². The van der Waals surface area contributed by atoms with Gasteiger partial charge in [-0.2, -0.15) is 0 Å². The van der Waals surface area contributed by atoms with Crippen LogP contribution in [0.4, 0.5) is 4.79 Å². The fourth-order valence-electron chi connectivity index (χ4n) is 2.11. The predicted molar refractivity (Wildman–Crippen MR) is 72.9 cm³/mol. The molecule has 1 saturated carbocycles. The molecule has 1 atom stereocenters. The van der Waals surface area contributed by atoms with Crippen LogP contribution in [0.1, 0.15) is 39.0 Å². The molecule has 1 aliphatic rings. The number of rotatable bonds is 6. The van der Waals surface area contributed by atoms with Crippen LogP contribution >= 0.6 is 0 Å². The van der Waals surface area contributed by atoms with Gasteiger partial charge < -0.3 is 15.4 Å². The van der Waals surface area contributed by atoms with Gasteiger partial charge in [0, 0.05) is 13.6 Å². The Morgan fingerprint density at radius 1 is 1.26 bits per heavy atom. The SMILES string of the molecule is CNC(=O)NC(=O)C(C)NCCOC1CCCCC1. The highest BCUT2D eigenvalue weighted by Crippen LogP contribution is 2.19. The van der Waals surface area contributed by atoms with Gasteiger partial charge in [0.25, 0.3) is 0 Å². The molecule has 110 valence electrons. The molecule has 0 aromatic carbocycles. The summed E-state index contributed by atoms with van der Waals surface area (Å²) in [6, 6.07) is -0.899. The molecule has 1 rings (SSSR count). The summed E-state index contributed by atoms with van der Waals surface area (Å²) in [4.78, 5) is 22.5. The Hall–Kier alpha value is -1.14. The van der Waals surface area contributed by atoms with Gasteiger partial charge >= 0.3 is 6.03 Å². The van der Waals surface area contributed by atoms with Crippen molar-refractivity contribution in [2.24, 2.45) is 0 Å². The van der Waals surface area contributed by atoms with E-state index in [-0.39, 0.29) is 5.91 Å². The standard InChI is InChI=1S/C13H25N3O3/c1-10(12(17)16-13(18)14-2)15-8-9-19-11-6-4-3-5-7-11/h10-11,15H,3-9H2,1-2H3,(H2,14,16,17,18). The monoisotopic (exact) mass is 271 g/mol. The Bertz CT molecular complexity index is 291. The van der Waals surface area contributed by atoms with Crippen LogP contribution in [0.5, 0.6) is 0 Å². The number of hydrogen-bond donors (Lipinski definition) is 3. The van der Waals surface area contributed by atoms with Crippen molar-refractivity contribution in [3.63, 3.8) is 0 Å². The molecule has 0 radical (unpaired) electrons. The van der Waals surface area contributed by atoms with E-state index >= 15 is 0 Å². The molecule has 6 heteroatoms. The number of hydrogen-bond acceptors (Lipinski definition) is 4. The number of nitrogens with one attached hydrogen (secondary N) is 3. The second-order valence-corrected chi connectivity index (χ2v) is 4.87. The minimum absolute atomic E-state index is 0.336. The first-order valence-corrected chi connectivity index (χ1v) is 7.01. The van der Waals surface area contributed by atoms with Gasteiger partial charge in [0.15, 0.2) is 0 Å². The number of ether oxygens (including phenoxy) is 1. The maximum Gasteiger partial charge on any atom is 0.321 e. The molecule has 0 aliphatic heterocycles. The van der Waals surface area contributed by atoms with E-state index in [2.05, 4.69) is 16.0 Å². The zero-order valence-corrected chi connectivity index (χ0v) is 11.8. The fourth-order valence-corrected chi connectivity index (χ4v) is 2.11. The third-order valence-electron chi connectivity index (χ3n) is 3.32. The lowest BCUT2D eigenvalue weighted by atomic mass is 9.98. The summed E-state index contributed by atoms with van der Waals surface area (Å²) in [7, 11) is 1.47. The maximum absolute atomic E-state index is 11.5. The Morgan fingerprint density at radius 3 is 2.58 bits per heavy atom. The average molecular weight is 271 g/mol. The lowest BCUT2D eigenvalue weighted by Gasteiger charge is -2.22. The minimum atomic E-state index is -0.489. The molecule has 1 aliphatic carbocycles. The van der Waals surface area contributed by atoms with Crippen LogP contribution < -0.4 is 16.0 Å². The van der Waals surface area contributed by atoms with Crippen LogP contribution in [0.2, 0.25) is 0 Å². The summed E-state index contributed by atoms with van der Waals surface area (Å²) in [6.07, 6.45) is 6.49. The molecule has 3 amide bonds. The lowest BCUT2D eigenvalue weighted by Crippen LogP contribution is -2.48. The zero-order valence-electron chi connectivity index (χ0n) is 11.8.